The van der Waals surface area contributed by atoms with Crippen molar-refractivity contribution in [1.29, 1.82) is 0 Å². The van der Waals surface area contributed by atoms with Crippen molar-refractivity contribution in [2.75, 3.05) is 0 Å². The zero-order valence-electron chi connectivity index (χ0n) is 16.6. The molecule has 2 aliphatic heterocycles. The van der Waals surface area contributed by atoms with Gasteiger partial charge < -0.3 is 29.5 Å². The second kappa shape index (κ2) is 6.92. The Balaban J connectivity index is 1.58. The van der Waals surface area contributed by atoms with Crippen LogP contribution >= 0.6 is 0 Å². The largest absolute Gasteiger partial charge is 0.454 e. The molecule has 10 atom stereocenters. The van der Waals surface area contributed by atoms with Gasteiger partial charge in [-0.1, -0.05) is 12.2 Å². The molecule has 4 aliphatic rings. The van der Waals surface area contributed by atoms with Gasteiger partial charge in [-0.05, 0) is 57.9 Å². The minimum Gasteiger partial charge on any atom is -0.454 e. The summed E-state index contributed by atoms with van der Waals surface area (Å²) in [6.07, 6.45) is -1.32. The Hall–Kier alpha value is -1.25. The Bertz CT molecular complexity index is 703. The van der Waals surface area contributed by atoms with Crippen LogP contribution in [0.25, 0.3) is 0 Å². The Labute approximate surface area is 165 Å². The van der Waals surface area contributed by atoms with Crippen molar-refractivity contribution in [1.82, 2.24) is 0 Å². The molecule has 0 radical (unpaired) electrons. The van der Waals surface area contributed by atoms with E-state index in [1.807, 2.05) is 13.0 Å². The summed E-state index contributed by atoms with van der Waals surface area (Å²) in [5.74, 6) is -0.0343. The molecule has 2 aliphatic carbocycles. The molecule has 0 aromatic heterocycles. The van der Waals surface area contributed by atoms with Crippen molar-refractivity contribution in [2.24, 2.45) is 17.8 Å². The summed E-state index contributed by atoms with van der Waals surface area (Å²) in [5.41, 5.74) is 1.08. The van der Waals surface area contributed by atoms with Crippen LogP contribution in [0, 0.1) is 17.8 Å². The van der Waals surface area contributed by atoms with E-state index in [0.29, 0.717) is 12.0 Å². The maximum absolute atomic E-state index is 12.0. The molecule has 7 heteroatoms. The van der Waals surface area contributed by atoms with E-state index in [1.165, 1.54) is 5.57 Å². The van der Waals surface area contributed by atoms with Gasteiger partial charge in [0.15, 0.2) is 6.29 Å². The average molecular weight is 394 g/mol. The maximum Gasteiger partial charge on any atom is 0.334 e. The van der Waals surface area contributed by atoms with Crippen LogP contribution in [-0.4, -0.2) is 63.7 Å². The zero-order valence-corrected chi connectivity index (χ0v) is 16.6. The highest BCUT2D eigenvalue weighted by Crippen LogP contribution is 2.53. The first kappa shape index (κ1) is 20.0. The van der Waals surface area contributed by atoms with E-state index in [9.17, 15) is 20.1 Å². The van der Waals surface area contributed by atoms with Crippen molar-refractivity contribution in [3.05, 3.63) is 23.8 Å². The Morgan fingerprint density at radius 1 is 1.21 bits per heavy atom. The number of esters is 1. The molecule has 1 saturated carbocycles. The molecule has 156 valence electrons. The zero-order chi connectivity index (χ0) is 20.4. The molecule has 0 amide bonds. The van der Waals surface area contributed by atoms with E-state index in [4.69, 9.17) is 14.2 Å². The molecular formula is C21H30O7. The first-order chi connectivity index (χ1) is 13.1. The molecule has 7 nitrogen and oxygen atoms in total. The van der Waals surface area contributed by atoms with E-state index in [-0.39, 0.29) is 29.8 Å². The standard InChI is InChI=1S/C21H30O7/c1-9-7-15-13(10(2)19(25)27-15)8-14-12(9)5-6-21(14,4)28-20-18(24)17(23)16(22)11(3)26-20/h7,11-18,20,22-24H,2,5-6,8H2,1,3-4H3/t11-,12+,13+,14+,15+,16-,17+,18+,20-,21+/m0/s1. The molecule has 2 saturated heterocycles. The maximum atomic E-state index is 12.0. The van der Waals surface area contributed by atoms with Gasteiger partial charge in [0.25, 0.3) is 0 Å². The molecule has 2 heterocycles. The lowest BCUT2D eigenvalue weighted by Crippen LogP contribution is -2.59. The third-order valence-electron chi connectivity index (χ3n) is 7.28. The number of ether oxygens (including phenoxy) is 3. The molecular weight excluding hydrogens is 364 g/mol. The first-order valence-electron chi connectivity index (χ1n) is 10.1. The summed E-state index contributed by atoms with van der Waals surface area (Å²) in [4.78, 5) is 12.0. The Kier molecular flexibility index (Phi) is 4.95. The Morgan fingerprint density at radius 3 is 2.64 bits per heavy atom. The van der Waals surface area contributed by atoms with Crippen molar-refractivity contribution in [3.8, 4) is 0 Å². The van der Waals surface area contributed by atoms with Gasteiger partial charge in [0.1, 0.15) is 24.4 Å². The van der Waals surface area contributed by atoms with Crippen LogP contribution in [0.4, 0.5) is 0 Å². The van der Waals surface area contributed by atoms with Gasteiger partial charge in [-0.15, -0.1) is 0 Å². The van der Waals surface area contributed by atoms with Crippen LogP contribution in [0.1, 0.15) is 40.0 Å². The highest BCUT2D eigenvalue weighted by molar-refractivity contribution is 5.91. The van der Waals surface area contributed by atoms with Crippen LogP contribution < -0.4 is 0 Å². The van der Waals surface area contributed by atoms with Crippen molar-refractivity contribution < 1.29 is 34.3 Å². The third kappa shape index (κ3) is 3.04. The van der Waals surface area contributed by atoms with Gasteiger partial charge in [-0.25, -0.2) is 4.79 Å². The van der Waals surface area contributed by atoms with Crippen LogP contribution in [0.5, 0.6) is 0 Å². The van der Waals surface area contributed by atoms with Gasteiger partial charge in [0.05, 0.1) is 11.7 Å². The van der Waals surface area contributed by atoms with Gasteiger partial charge in [0.2, 0.25) is 0 Å². The first-order valence-corrected chi connectivity index (χ1v) is 10.1. The molecule has 0 unspecified atom stereocenters. The fourth-order valence-corrected chi connectivity index (χ4v) is 5.45. The predicted molar refractivity (Wildman–Crippen MR) is 98.9 cm³/mol. The van der Waals surface area contributed by atoms with Gasteiger partial charge in [-0.3, -0.25) is 0 Å². The molecule has 4 rings (SSSR count). The number of aliphatic hydroxyl groups excluding tert-OH is 3. The molecule has 0 aromatic carbocycles. The quantitative estimate of drug-likeness (QED) is 0.365. The summed E-state index contributed by atoms with van der Waals surface area (Å²) >= 11 is 0. The summed E-state index contributed by atoms with van der Waals surface area (Å²) in [5, 5.41) is 30.4. The number of carbonyl (C=O) groups is 1. The summed E-state index contributed by atoms with van der Waals surface area (Å²) < 4.78 is 17.5. The minimum absolute atomic E-state index is 0.0815. The summed E-state index contributed by atoms with van der Waals surface area (Å²) in [6, 6.07) is 0. The van der Waals surface area contributed by atoms with Gasteiger partial charge >= 0.3 is 5.97 Å². The number of aliphatic hydroxyl groups is 3. The smallest absolute Gasteiger partial charge is 0.334 e. The topological polar surface area (TPSA) is 105 Å². The molecule has 28 heavy (non-hydrogen) atoms. The summed E-state index contributed by atoms with van der Waals surface area (Å²) in [6.45, 7) is 9.65. The predicted octanol–water partition coefficient (Wildman–Crippen LogP) is 1.06. The number of hydrogen-bond donors (Lipinski definition) is 3. The minimum atomic E-state index is -1.33. The van der Waals surface area contributed by atoms with Crippen LogP contribution in [0.3, 0.4) is 0 Å². The van der Waals surface area contributed by atoms with Crippen LogP contribution in [-0.2, 0) is 19.0 Å². The molecule has 3 N–H and O–H groups in total. The van der Waals surface area contributed by atoms with E-state index in [1.54, 1.807) is 6.92 Å². The number of hydrogen-bond acceptors (Lipinski definition) is 7. The molecule has 0 spiro atoms. The highest BCUT2D eigenvalue weighted by atomic mass is 16.7. The van der Waals surface area contributed by atoms with Gasteiger partial charge in [0, 0.05) is 11.5 Å². The lowest BCUT2D eigenvalue weighted by atomic mass is 9.78. The average Bonchev–Trinajstić information content (AvgIpc) is 3.04. The SMILES string of the molecule is C=C1C(=O)O[C@@H]2C=C(C)[C@H]3CC[C@@](C)(O[C@@H]4O[C@@H](C)[C@H](O)[C@@H](O)[C@H]4O)[C@@H]3C[C@H]12. The number of allylic oxidation sites excluding steroid dienone is 1. The van der Waals surface area contributed by atoms with Crippen molar-refractivity contribution in [2.45, 2.75) is 82.4 Å². The monoisotopic (exact) mass is 394 g/mol. The number of rotatable bonds is 2. The van der Waals surface area contributed by atoms with Crippen molar-refractivity contribution in [3.63, 3.8) is 0 Å². The van der Waals surface area contributed by atoms with E-state index in [0.717, 1.165) is 12.8 Å². The number of carbonyl (C=O) groups excluding carboxylic acids is 1. The normalized spacial score (nSPS) is 51.2. The second-order valence-electron chi connectivity index (χ2n) is 9.01. The second-order valence-corrected chi connectivity index (χ2v) is 9.01. The highest BCUT2D eigenvalue weighted by Gasteiger charge is 2.54. The fourth-order valence-electron chi connectivity index (χ4n) is 5.45. The molecule has 3 fully saturated rings. The Morgan fingerprint density at radius 2 is 1.93 bits per heavy atom. The third-order valence-corrected chi connectivity index (χ3v) is 7.28. The van der Waals surface area contributed by atoms with Crippen LogP contribution in [0.15, 0.2) is 23.8 Å². The van der Waals surface area contributed by atoms with Gasteiger partial charge in [-0.2, -0.15) is 0 Å². The van der Waals surface area contributed by atoms with E-state index < -0.39 is 36.3 Å². The van der Waals surface area contributed by atoms with E-state index >= 15 is 0 Å². The lowest BCUT2D eigenvalue weighted by molar-refractivity contribution is -0.323. The van der Waals surface area contributed by atoms with E-state index in [2.05, 4.69) is 13.5 Å². The van der Waals surface area contributed by atoms with Crippen molar-refractivity contribution >= 4 is 5.97 Å². The fraction of sp³-hybridized carbons (Fsp3) is 0.762. The summed E-state index contributed by atoms with van der Waals surface area (Å²) in [7, 11) is 0. The number of fused-ring (bicyclic) bond motifs is 2. The van der Waals surface area contributed by atoms with Crippen LogP contribution in [0.2, 0.25) is 0 Å². The molecule has 0 aromatic rings. The lowest BCUT2D eigenvalue weighted by Gasteiger charge is -2.44. The molecule has 0 bridgehead atoms.